The van der Waals surface area contributed by atoms with Gasteiger partial charge in [0, 0.05) is 18.8 Å². The number of hydrogen-bond donors (Lipinski definition) is 1. The van der Waals surface area contributed by atoms with Gasteiger partial charge in [-0.05, 0) is 12.5 Å². The van der Waals surface area contributed by atoms with Crippen molar-refractivity contribution in [3.63, 3.8) is 0 Å². The molecule has 90 valence electrons. The van der Waals surface area contributed by atoms with Crippen molar-refractivity contribution in [1.29, 1.82) is 0 Å². The van der Waals surface area contributed by atoms with Crippen LogP contribution in [0.3, 0.4) is 0 Å². The minimum absolute atomic E-state index is 0.00398. The lowest BCUT2D eigenvalue weighted by molar-refractivity contribution is 0.440. The molecule has 0 saturated carbocycles. The van der Waals surface area contributed by atoms with Crippen LogP contribution in [0.4, 0.5) is 0 Å². The molecule has 0 saturated heterocycles. The van der Waals surface area contributed by atoms with Crippen LogP contribution in [0.2, 0.25) is 0 Å². The van der Waals surface area contributed by atoms with Crippen LogP contribution >= 0.6 is 0 Å². The van der Waals surface area contributed by atoms with Crippen molar-refractivity contribution in [2.45, 2.75) is 32.4 Å². The van der Waals surface area contributed by atoms with Gasteiger partial charge in [-0.1, -0.05) is 37.3 Å². The third kappa shape index (κ3) is 2.39. The monoisotopic (exact) mass is 229 g/mol. The van der Waals surface area contributed by atoms with Crippen LogP contribution in [0.1, 0.15) is 37.3 Å². The summed E-state index contributed by atoms with van der Waals surface area (Å²) in [5.41, 5.74) is 7.47. The van der Waals surface area contributed by atoms with Gasteiger partial charge in [-0.3, -0.25) is 0 Å². The van der Waals surface area contributed by atoms with E-state index < -0.39 is 0 Å². The van der Waals surface area contributed by atoms with Gasteiger partial charge in [0.1, 0.15) is 5.82 Å². The van der Waals surface area contributed by atoms with Gasteiger partial charge >= 0.3 is 0 Å². The van der Waals surface area contributed by atoms with Crippen LogP contribution in [-0.4, -0.2) is 9.55 Å². The Morgan fingerprint density at radius 1 is 1.29 bits per heavy atom. The highest BCUT2D eigenvalue weighted by Crippen LogP contribution is 2.24. The Hall–Kier alpha value is -1.61. The van der Waals surface area contributed by atoms with Gasteiger partial charge < -0.3 is 10.3 Å². The smallest absolute Gasteiger partial charge is 0.108 e. The van der Waals surface area contributed by atoms with Gasteiger partial charge in [0.25, 0.3) is 0 Å². The Morgan fingerprint density at radius 3 is 2.65 bits per heavy atom. The maximum Gasteiger partial charge on any atom is 0.108 e. The minimum atomic E-state index is -0.00398. The first-order valence-electron chi connectivity index (χ1n) is 6.06. The van der Waals surface area contributed by atoms with Gasteiger partial charge in [-0.15, -0.1) is 0 Å². The van der Waals surface area contributed by atoms with E-state index in [4.69, 9.17) is 5.73 Å². The summed E-state index contributed by atoms with van der Waals surface area (Å²) in [5, 5.41) is 0. The van der Waals surface area contributed by atoms with Crippen LogP contribution in [0.25, 0.3) is 0 Å². The molecule has 0 bridgehead atoms. The summed E-state index contributed by atoms with van der Waals surface area (Å²) in [5.74, 6) is 1.09. The molecular weight excluding hydrogens is 210 g/mol. The summed E-state index contributed by atoms with van der Waals surface area (Å²) in [6, 6.07) is 10.4. The Bertz CT molecular complexity index is 461. The van der Waals surface area contributed by atoms with Crippen molar-refractivity contribution in [2.75, 3.05) is 0 Å². The van der Waals surface area contributed by atoms with Crippen LogP contribution in [0.15, 0.2) is 42.7 Å². The molecule has 2 N–H and O–H groups in total. The Labute approximate surface area is 102 Å². The van der Waals surface area contributed by atoms with Crippen molar-refractivity contribution < 1.29 is 0 Å². The predicted molar refractivity (Wildman–Crippen MR) is 69.7 cm³/mol. The highest BCUT2D eigenvalue weighted by atomic mass is 15.1. The van der Waals surface area contributed by atoms with Gasteiger partial charge in [-0.25, -0.2) is 4.98 Å². The highest BCUT2D eigenvalue weighted by molar-refractivity contribution is 5.20. The molecule has 2 unspecified atom stereocenters. The van der Waals surface area contributed by atoms with Crippen molar-refractivity contribution in [3.05, 3.63) is 54.1 Å². The van der Waals surface area contributed by atoms with Crippen LogP contribution in [0.5, 0.6) is 0 Å². The molecule has 2 rings (SSSR count). The summed E-state index contributed by atoms with van der Waals surface area (Å²) in [7, 11) is 0. The van der Waals surface area contributed by atoms with Crippen LogP contribution < -0.4 is 5.73 Å². The van der Waals surface area contributed by atoms with E-state index >= 15 is 0 Å². The van der Waals surface area contributed by atoms with Crippen LogP contribution in [0, 0.1) is 0 Å². The second kappa shape index (κ2) is 5.15. The summed E-state index contributed by atoms with van der Waals surface area (Å²) in [6.45, 7) is 4.25. The fourth-order valence-corrected chi connectivity index (χ4v) is 2.12. The van der Waals surface area contributed by atoms with E-state index in [9.17, 15) is 0 Å². The van der Waals surface area contributed by atoms with E-state index in [2.05, 4.69) is 35.5 Å². The summed E-state index contributed by atoms with van der Waals surface area (Å²) in [4.78, 5) is 4.34. The van der Waals surface area contributed by atoms with Gasteiger partial charge in [0.15, 0.2) is 0 Å². The number of hydrogen-bond acceptors (Lipinski definition) is 2. The van der Waals surface area contributed by atoms with Crippen molar-refractivity contribution in [2.24, 2.45) is 5.73 Å². The van der Waals surface area contributed by atoms with E-state index in [-0.39, 0.29) is 12.1 Å². The second-order valence-corrected chi connectivity index (χ2v) is 4.28. The van der Waals surface area contributed by atoms with Crippen LogP contribution in [-0.2, 0) is 6.42 Å². The fourth-order valence-electron chi connectivity index (χ4n) is 2.12. The third-order valence-corrected chi connectivity index (χ3v) is 3.21. The summed E-state index contributed by atoms with van der Waals surface area (Å²) >= 11 is 0. The van der Waals surface area contributed by atoms with E-state index in [1.165, 1.54) is 0 Å². The maximum atomic E-state index is 6.30. The lowest BCUT2D eigenvalue weighted by Crippen LogP contribution is -2.23. The summed E-state index contributed by atoms with van der Waals surface area (Å²) < 4.78 is 2.16. The number of nitrogens with zero attached hydrogens (tertiary/aromatic N) is 2. The molecule has 1 heterocycles. The Morgan fingerprint density at radius 2 is 2.00 bits per heavy atom. The summed E-state index contributed by atoms with van der Waals surface area (Å²) in [6.07, 6.45) is 4.78. The fraction of sp³-hybridized carbons (Fsp3) is 0.357. The van der Waals surface area contributed by atoms with Crippen molar-refractivity contribution in [1.82, 2.24) is 9.55 Å². The Balaban J connectivity index is 2.23. The van der Waals surface area contributed by atoms with E-state index in [1.807, 2.05) is 30.6 Å². The van der Waals surface area contributed by atoms with E-state index in [0.29, 0.717) is 0 Å². The molecule has 2 atom stereocenters. The molecule has 0 aliphatic rings. The van der Waals surface area contributed by atoms with Gasteiger partial charge in [-0.2, -0.15) is 0 Å². The normalized spacial score (nSPS) is 14.5. The lowest BCUT2D eigenvalue weighted by atomic mass is 10.0. The molecule has 17 heavy (non-hydrogen) atoms. The first-order valence-corrected chi connectivity index (χ1v) is 6.06. The number of aromatic nitrogens is 2. The maximum absolute atomic E-state index is 6.30. The first-order chi connectivity index (χ1) is 8.24. The van der Waals surface area contributed by atoms with Gasteiger partial charge in [0.05, 0.1) is 12.1 Å². The number of benzene rings is 1. The molecule has 0 amide bonds. The molecule has 0 aliphatic heterocycles. The standard InChI is InChI=1S/C14H19N3/c1-3-13-16-9-10-17(13)11(2)14(15)12-7-5-4-6-8-12/h4-11,14H,3,15H2,1-2H3. The molecule has 3 heteroatoms. The third-order valence-electron chi connectivity index (χ3n) is 3.21. The second-order valence-electron chi connectivity index (χ2n) is 4.28. The molecule has 0 fully saturated rings. The Kier molecular flexibility index (Phi) is 3.59. The number of nitrogens with two attached hydrogens (primary N) is 1. The zero-order chi connectivity index (χ0) is 12.3. The minimum Gasteiger partial charge on any atom is -0.330 e. The number of aryl methyl sites for hydroxylation is 1. The number of imidazole rings is 1. The molecule has 1 aromatic carbocycles. The quantitative estimate of drug-likeness (QED) is 0.876. The molecule has 3 nitrogen and oxygen atoms in total. The zero-order valence-corrected chi connectivity index (χ0v) is 10.4. The van der Waals surface area contributed by atoms with E-state index in [1.54, 1.807) is 0 Å². The topological polar surface area (TPSA) is 43.8 Å². The molecule has 2 aromatic rings. The van der Waals surface area contributed by atoms with Crippen molar-refractivity contribution in [3.8, 4) is 0 Å². The van der Waals surface area contributed by atoms with E-state index in [0.717, 1.165) is 17.8 Å². The number of rotatable bonds is 4. The molecule has 0 radical (unpaired) electrons. The molecular formula is C14H19N3. The largest absolute Gasteiger partial charge is 0.330 e. The highest BCUT2D eigenvalue weighted by Gasteiger charge is 2.17. The van der Waals surface area contributed by atoms with Gasteiger partial charge in [0.2, 0.25) is 0 Å². The lowest BCUT2D eigenvalue weighted by Gasteiger charge is -2.23. The molecule has 0 aliphatic carbocycles. The average Bonchev–Trinajstić information content (AvgIpc) is 2.86. The zero-order valence-electron chi connectivity index (χ0n) is 10.4. The SMILES string of the molecule is CCc1nccn1C(C)C(N)c1ccccc1. The first kappa shape index (κ1) is 11.9. The average molecular weight is 229 g/mol. The van der Waals surface area contributed by atoms with Crippen molar-refractivity contribution >= 4 is 0 Å². The molecule has 1 aromatic heterocycles. The predicted octanol–water partition coefficient (Wildman–Crippen LogP) is 2.71. The molecule has 0 spiro atoms.